The van der Waals surface area contributed by atoms with Gasteiger partial charge in [0, 0.05) is 50.8 Å². The molecule has 2 aliphatic heterocycles. The number of rotatable bonds is 6. The smallest absolute Gasteiger partial charge is 0.279 e. The molecular weight excluding hydrogens is 424 g/mol. The molecule has 1 aromatic heterocycles. The number of ether oxygens (including phenoxy) is 1. The van der Waals surface area contributed by atoms with Crippen LogP contribution in [0, 0.1) is 5.92 Å². The van der Waals surface area contributed by atoms with Crippen molar-refractivity contribution in [2.45, 2.75) is 18.6 Å². The average molecular weight is 455 g/mol. The SMILES string of the molecule is CN1C[C@@H](Oc2ccncc2)C[C@H](C(N)=O)[C@H]1C(=O)N(O)N1CCN(c2ccccc2)CC1. The Labute approximate surface area is 193 Å². The van der Waals surface area contributed by atoms with E-state index in [9.17, 15) is 14.8 Å². The first-order valence-electron chi connectivity index (χ1n) is 11.1. The van der Waals surface area contributed by atoms with Gasteiger partial charge in [0.15, 0.2) is 0 Å². The van der Waals surface area contributed by atoms with Gasteiger partial charge in [0.2, 0.25) is 5.91 Å². The largest absolute Gasteiger partial charge is 0.489 e. The number of anilines is 1. The average Bonchev–Trinajstić information content (AvgIpc) is 2.84. The number of pyridine rings is 1. The number of piperazine rings is 1. The molecule has 4 rings (SSSR count). The van der Waals surface area contributed by atoms with E-state index in [0.29, 0.717) is 43.6 Å². The fraction of sp³-hybridized carbons (Fsp3) is 0.435. The first kappa shape index (κ1) is 23.0. The number of amides is 2. The van der Waals surface area contributed by atoms with Crippen molar-refractivity contribution in [3.63, 3.8) is 0 Å². The number of benzene rings is 1. The fourth-order valence-electron chi connectivity index (χ4n) is 4.60. The number of hydrogen-bond donors (Lipinski definition) is 2. The Bertz CT molecular complexity index is 938. The molecular formula is C23H30N6O4. The quantitative estimate of drug-likeness (QED) is 0.481. The summed E-state index contributed by atoms with van der Waals surface area (Å²) in [6.45, 7) is 2.69. The second-order valence-electron chi connectivity index (χ2n) is 8.46. The van der Waals surface area contributed by atoms with Crippen molar-refractivity contribution in [1.82, 2.24) is 20.1 Å². The van der Waals surface area contributed by atoms with Gasteiger partial charge in [-0.3, -0.25) is 24.7 Å². The van der Waals surface area contributed by atoms with Crippen LogP contribution in [-0.2, 0) is 9.59 Å². The highest BCUT2D eigenvalue weighted by molar-refractivity contribution is 5.89. The molecule has 2 aromatic rings. The van der Waals surface area contributed by atoms with E-state index < -0.39 is 23.8 Å². The van der Waals surface area contributed by atoms with E-state index in [0.717, 1.165) is 5.69 Å². The number of aromatic nitrogens is 1. The first-order valence-corrected chi connectivity index (χ1v) is 11.1. The van der Waals surface area contributed by atoms with E-state index in [2.05, 4.69) is 9.88 Å². The zero-order valence-corrected chi connectivity index (χ0v) is 18.7. The lowest BCUT2D eigenvalue weighted by molar-refractivity contribution is -0.245. The summed E-state index contributed by atoms with van der Waals surface area (Å²) in [6.07, 6.45) is 3.22. The predicted molar refractivity (Wildman–Crippen MR) is 121 cm³/mol. The molecule has 2 amide bonds. The number of para-hydroxylation sites is 1. The Hall–Kier alpha value is -3.21. The first-order chi connectivity index (χ1) is 15.9. The van der Waals surface area contributed by atoms with E-state index in [1.54, 1.807) is 41.5 Å². The highest BCUT2D eigenvalue weighted by Gasteiger charge is 2.45. The number of likely N-dealkylation sites (tertiary alicyclic amines) is 1. The number of piperidine rings is 1. The van der Waals surface area contributed by atoms with Crippen LogP contribution >= 0.6 is 0 Å². The standard InChI is InChI=1S/C23H30N6O4/c1-26-16-19(33-18-7-9-25-10-8-18)15-20(22(24)30)21(26)23(31)29(32)28-13-11-27(12-14-28)17-5-3-2-4-6-17/h2-10,19-21,32H,11-16H2,1H3,(H2,24,30)/t19-,20-,21-/m0/s1. The van der Waals surface area contributed by atoms with Crippen LogP contribution in [-0.4, -0.2) is 89.0 Å². The summed E-state index contributed by atoms with van der Waals surface area (Å²) in [5, 5.41) is 13.0. The molecule has 1 aromatic carbocycles. The molecule has 0 aliphatic carbocycles. The van der Waals surface area contributed by atoms with Crippen molar-refractivity contribution in [3.8, 4) is 5.75 Å². The molecule has 10 nitrogen and oxygen atoms in total. The highest BCUT2D eigenvalue weighted by Crippen LogP contribution is 2.28. The van der Waals surface area contributed by atoms with Crippen molar-refractivity contribution in [2.24, 2.45) is 11.7 Å². The second kappa shape index (κ2) is 10.2. The highest BCUT2D eigenvalue weighted by atomic mass is 16.6. The van der Waals surface area contributed by atoms with Crippen molar-refractivity contribution >= 4 is 17.5 Å². The molecule has 0 spiro atoms. The van der Waals surface area contributed by atoms with Crippen LogP contribution in [0.2, 0.25) is 0 Å². The van der Waals surface area contributed by atoms with Crippen molar-refractivity contribution in [1.29, 1.82) is 0 Å². The summed E-state index contributed by atoms with van der Waals surface area (Å²) >= 11 is 0. The van der Waals surface area contributed by atoms with E-state index >= 15 is 0 Å². The Balaban J connectivity index is 1.39. The summed E-state index contributed by atoms with van der Waals surface area (Å²) in [5.74, 6) is -1.30. The number of nitrogens with two attached hydrogens (primary N) is 1. The molecule has 10 heteroatoms. The fourth-order valence-corrected chi connectivity index (χ4v) is 4.60. The maximum absolute atomic E-state index is 13.3. The molecule has 0 radical (unpaired) electrons. The third-order valence-electron chi connectivity index (χ3n) is 6.28. The molecule has 33 heavy (non-hydrogen) atoms. The molecule has 176 valence electrons. The number of hydrazine groups is 1. The normalized spacial score (nSPS) is 24.3. The number of carbonyl (C=O) groups excluding carboxylic acids is 2. The zero-order valence-electron chi connectivity index (χ0n) is 18.7. The van der Waals surface area contributed by atoms with Gasteiger partial charge in [0.25, 0.3) is 5.91 Å². The van der Waals surface area contributed by atoms with Gasteiger partial charge in [0.05, 0.1) is 5.92 Å². The lowest BCUT2D eigenvalue weighted by atomic mass is 9.86. The van der Waals surface area contributed by atoms with Crippen LogP contribution in [0.5, 0.6) is 5.75 Å². The summed E-state index contributed by atoms with van der Waals surface area (Å²) < 4.78 is 5.97. The molecule has 0 saturated carbocycles. The minimum absolute atomic E-state index is 0.286. The monoisotopic (exact) mass is 454 g/mol. The molecule has 3 atom stereocenters. The molecule has 2 fully saturated rings. The summed E-state index contributed by atoms with van der Waals surface area (Å²) in [4.78, 5) is 33.4. The van der Waals surface area contributed by atoms with Crippen LogP contribution in [0.3, 0.4) is 0 Å². The van der Waals surface area contributed by atoms with Gasteiger partial charge in [-0.1, -0.05) is 18.2 Å². The number of likely N-dealkylation sites (N-methyl/N-ethyl adjacent to an activating group) is 1. The number of nitrogens with zero attached hydrogens (tertiary/aromatic N) is 5. The second-order valence-corrected chi connectivity index (χ2v) is 8.46. The van der Waals surface area contributed by atoms with Crippen molar-refractivity contribution < 1.29 is 19.5 Å². The molecule has 3 N–H and O–H groups in total. The van der Waals surface area contributed by atoms with Crippen LogP contribution in [0.4, 0.5) is 5.69 Å². The van der Waals surface area contributed by atoms with Gasteiger partial charge >= 0.3 is 0 Å². The van der Waals surface area contributed by atoms with Crippen LogP contribution in [0.25, 0.3) is 0 Å². The molecule has 0 unspecified atom stereocenters. The van der Waals surface area contributed by atoms with E-state index in [4.69, 9.17) is 10.5 Å². The van der Waals surface area contributed by atoms with E-state index in [-0.39, 0.29) is 12.5 Å². The Morgan fingerprint density at radius 3 is 2.39 bits per heavy atom. The predicted octanol–water partition coefficient (Wildman–Crippen LogP) is 0.590. The summed E-state index contributed by atoms with van der Waals surface area (Å²) in [7, 11) is 1.74. The third kappa shape index (κ3) is 5.24. The van der Waals surface area contributed by atoms with Gasteiger partial charge in [0.1, 0.15) is 17.9 Å². The van der Waals surface area contributed by atoms with Crippen LogP contribution < -0.4 is 15.4 Å². The molecule has 2 saturated heterocycles. The van der Waals surface area contributed by atoms with E-state index in [1.807, 2.05) is 30.3 Å². The lowest BCUT2D eigenvalue weighted by Crippen LogP contribution is -2.63. The van der Waals surface area contributed by atoms with Gasteiger partial charge in [-0.05, 0) is 37.7 Å². The number of primary amides is 1. The zero-order chi connectivity index (χ0) is 23.4. The third-order valence-corrected chi connectivity index (χ3v) is 6.28. The Kier molecular flexibility index (Phi) is 7.07. The maximum atomic E-state index is 13.3. The van der Waals surface area contributed by atoms with Crippen molar-refractivity contribution in [2.75, 3.05) is 44.7 Å². The Morgan fingerprint density at radius 2 is 1.76 bits per heavy atom. The molecule has 0 bridgehead atoms. The Morgan fingerprint density at radius 1 is 1.09 bits per heavy atom. The maximum Gasteiger partial charge on any atom is 0.279 e. The molecule has 2 aliphatic rings. The minimum atomic E-state index is -0.864. The number of hydrogen-bond acceptors (Lipinski definition) is 8. The van der Waals surface area contributed by atoms with Crippen LogP contribution in [0.15, 0.2) is 54.9 Å². The number of hydroxylamine groups is 1. The van der Waals surface area contributed by atoms with Gasteiger partial charge < -0.3 is 15.4 Å². The van der Waals surface area contributed by atoms with Crippen LogP contribution in [0.1, 0.15) is 6.42 Å². The van der Waals surface area contributed by atoms with Gasteiger partial charge in [-0.15, -0.1) is 5.17 Å². The minimum Gasteiger partial charge on any atom is -0.489 e. The van der Waals surface area contributed by atoms with Gasteiger partial charge in [-0.25, -0.2) is 0 Å². The lowest BCUT2D eigenvalue weighted by Gasteiger charge is -2.44. The number of carbonyl (C=O) groups is 2. The van der Waals surface area contributed by atoms with Crippen molar-refractivity contribution in [3.05, 3.63) is 54.9 Å². The summed E-state index contributed by atoms with van der Waals surface area (Å²) in [6, 6.07) is 12.6. The van der Waals surface area contributed by atoms with Gasteiger partial charge in [-0.2, -0.15) is 5.01 Å². The summed E-state index contributed by atoms with van der Waals surface area (Å²) in [5.41, 5.74) is 6.78. The molecule has 3 heterocycles. The van der Waals surface area contributed by atoms with E-state index in [1.165, 1.54) is 0 Å². The topological polar surface area (TPSA) is 115 Å².